The molecule has 0 bridgehead atoms. The number of amides is 1. The standard InChI is InChI=1S/C23H31N3O2/c1-14-9-15(2)23(16(3)10-14)24-22(28)13-25(6)12-21(27)20-11-17(4)26(18(20)5)19-7-8-19/h9-11,19H,7-8,12-13H2,1-6H3,(H,24,28)/p+1. The third kappa shape index (κ3) is 4.36. The molecule has 1 amide bonds. The smallest absolute Gasteiger partial charge is 0.279 e. The number of rotatable bonds is 7. The van der Waals surface area contributed by atoms with Gasteiger partial charge in [0.1, 0.15) is 6.54 Å². The summed E-state index contributed by atoms with van der Waals surface area (Å²) in [6.07, 6.45) is 2.40. The molecular weight excluding hydrogens is 350 g/mol. The van der Waals surface area contributed by atoms with Gasteiger partial charge >= 0.3 is 0 Å². The number of nitrogens with one attached hydrogen (secondary N) is 2. The first-order valence-corrected chi connectivity index (χ1v) is 10.1. The van der Waals surface area contributed by atoms with Gasteiger partial charge in [-0.05, 0) is 64.7 Å². The fourth-order valence-corrected chi connectivity index (χ4v) is 4.22. The number of Topliss-reactive ketones (excluding diaryl/α,β-unsaturated/α-hetero) is 1. The maximum absolute atomic E-state index is 12.8. The van der Waals surface area contributed by atoms with Gasteiger partial charge in [-0.2, -0.15) is 0 Å². The summed E-state index contributed by atoms with van der Waals surface area (Å²) < 4.78 is 2.29. The van der Waals surface area contributed by atoms with Crippen LogP contribution in [0, 0.1) is 34.6 Å². The lowest BCUT2D eigenvalue weighted by Crippen LogP contribution is -3.11. The molecule has 150 valence electrons. The van der Waals surface area contributed by atoms with E-state index < -0.39 is 0 Å². The Morgan fingerprint density at radius 2 is 1.64 bits per heavy atom. The molecule has 1 aromatic heterocycles. The molecule has 0 spiro atoms. The summed E-state index contributed by atoms with van der Waals surface area (Å²) in [5.74, 6) is 0.0387. The molecule has 1 aliphatic carbocycles. The van der Waals surface area contributed by atoms with Crippen LogP contribution in [0.3, 0.4) is 0 Å². The zero-order valence-electron chi connectivity index (χ0n) is 17.9. The second kappa shape index (κ2) is 7.92. The summed E-state index contributed by atoms with van der Waals surface area (Å²) in [5, 5.41) is 3.02. The lowest BCUT2D eigenvalue weighted by Gasteiger charge is -2.16. The Kier molecular flexibility index (Phi) is 5.75. The normalized spacial score (nSPS) is 14.8. The van der Waals surface area contributed by atoms with Gasteiger partial charge in [0.05, 0.1) is 7.05 Å². The molecule has 5 heteroatoms. The first-order chi connectivity index (χ1) is 13.2. The summed E-state index contributed by atoms with van der Waals surface area (Å²) in [4.78, 5) is 26.2. The Bertz CT molecular complexity index is 899. The lowest BCUT2D eigenvalue weighted by atomic mass is 10.1. The number of aryl methyl sites for hydroxylation is 4. The fraction of sp³-hybridized carbons (Fsp3) is 0.478. The number of likely N-dealkylation sites (N-methyl/N-ethyl adjacent to an activating group) is 1. The number of carbonyl (C=O) groups excluding carboxylic acids is 2. The van der Waals surface area contributed by atoms with Crippen LogP contribution in [-0.2, 0) is 4.79 Å². The van der Waals surface area contributed by atoms with Crippen molar-refractivity contribution >= 4 is 17.4 Å². The summed E-state index contributed by atoms with van der Waals surface area (Å²) >= 11 is 0. The minimum Gasteiger partial charge on any atom is -0.345 e. The van der Waals surface area contributed by atoms with E-state index in [1.807, 2.05) is 33.9 Å². The number of benzene rings is 1. The van der Waals surface area contributed by atoms with Gasteiger partial charge in [-0.25, -0.2) is 0 Å². The first-order valence-electron chi connectivity index (χ1n) is 10.1. The Morgan fingerprint density at radius 3 is 2.21 bits per heavy atom. The first kappa shape index (κ1) is 20.3. The molecule has 1 unspecified atom stereocenters. The van der Waals surface area contributed by atoms with E-state index in [1.165, 1.54) is 18.4 Å². The number of hydrogen-bond acceptors (Lipinski definition) is 2. The molecule has 0 radical (unpaired) electrons. The summed E-state index contributed by atoms with van der Waals surface area (Å²) in [6.45, 7) is 10.7. The Balaban J connectivity index is 1.61. The molecular formula is C23H32N3O2+. The van der Waals surface area contributed by atoms with Crippen LogP contribution in [0.25, 0.3) is 0 Å². The molecule has 2 N–H and O–H groups in total. The predicted molar refractivity (Wildman–Crippen MR) is 112 cm³/mol. The van der Waals surface area contributed by atoms with Crippen molar-refractivity contribution in [3.05, 3.63) is 51.8 Å². The van der Waals surface area contributed by atoms with Gasteiger partial charge in [0.2, 0.25) is 5.78 Å². The highest BCUT2D eigenvalue weighted by molar-refractivity contribution is 5.98. The van der Waals surface area contributed by atoms with Gasteiger partial charge in [-0.1, -0.05) is 17.7 Å². The molecule has 1 fully saturated rings. The van der Waals surface area contributed by atoms with Crippen molar-refractivity contribution in [3.63, 3.8) is 0 Å². The molecule has 1 aromatic carbocycles. The predicted octanol–water partition coefficient (Wildman–Crippen LogP) is 2.70. The molecule has 1 heterocycles. The maximum atomic E-state index is 12.8. The average molecular weight is 383 g/mol. The van der Waals surface area contributed by atoms with Gasteiger partial charge in [0.25, 0.3) is 5.91 Å². The maximum Gasteiger partial charge on any atom is 0.279 e. The molecule has 1 aliphatic rings. The van der Waals surface area contributed by atoms with Gasteiger partial charge in [0, 0.05) is 28.7 Å². The zero-order valence-corrected chi connectivity index (χ0v) is 17.9. The van der Waals surface area contributed by atoms with E-state index in [4.69, 9.17) is 0 Å². The van der Waals surface area contributed by atoms with Crippen molar-refractivity contribution in [2.75, 3.05) is 25.5 Å². The van der Waals surface area contributed by atoms with Crippen molar-refractivity contribution in [2.24, 2.45) is 0 Å². The lowest BCUT2D eigenvalue weighted by molar-refractivity contribution is -0.861. The van der Waals surface area contributed by atoms with Crippen molar-refractivity contribution in [1.82, 2.24) is 4.57 Å². The van der Waals surface area contributed by atoms with Crippen LogP contribution in [-0.4, -0.2) is 36.4 Å². The van der Waals surface area contributed by atoms with Crippen LogP contribution in [0.2, 0.25) is 0 Å². The van der Waals surface area contributed by atoms with Gasteiger partial charge < -0.3 is 14.8 Å². The highest BCUT2D eigenvalue weighted by Crippen LogP contribution is 2.38. The average Bonchev–Trinajstić information content (AvgIpc) is 3.35. The van der Waals surface area contributed by atoms with E-state index in [9.17, 15) is 9.59 Å². The second-order valence-corrected chi connectivity index (χ2v) is 8.44. The third-order valence-electron chi connectivity index (χ3n) is 5.56. The second-order valence-electron chi connectivity index (χ2n) is 8.44. The number of carbonyl (C=O) groups is 2. The molecule has 3 rings (SSSR count). The van der Waals surface area contributed by atoms with Crippen molar-refractivity contribution in [1.29, 1.82) is 0 Å². The van der Waals surface area contributed by atoms with E-state index >= 15 is 0 Å². The zero-order chi connectivity index (χ0) is 20.6. The Labute approximate surface area is 167 Å². The summed E-state index contributed by atoms with van der Waals surface area (Å²) in [7, 11) is 1.90. The molecule has 5 nitrogen and oxygen atoms in total. The van der Waals surface area contributed by atoms with Crippen LogP contribution >= 0.6 is 0 Å². The molecule has 28 heavy (non-hydrogen) atoms. The molecule has 2 aromatic rings. The van der Waals surface area contributed by atoms with Gasteiger partial charge in [0.15, 0.2) is 6.54 Å². The highest BCUT2D eigenvalue weighted by Gasteiger charge is 2.29. The number of aromatic nitrogens is 1. The molecule has 1 atom stereocenters. The molecule has 0 aliphatic heterocycles. The summed E-state index contributed by atoms with van der Waals surface area (Å²) in [5.41, 5.74) is 7.21. The van der Waals surface area contributed by atoms with Crippen LogP contribution in [0.1, 0.15) is 57.3 Å². The van der Waals surface area contributed by atoms with Gasteiger partial charge in [-0.15, -0.1) is 0 Å². The van der Waals surface area contributed by atoms with E-state index in [1.54, 1.807) is 0 Å². The van der Waals surface area contributed by atoms with E-state index in [-0.39, 0.29) is 18.2 Å². The van der Waals surface area contributed by atoms with E-state index in [2.05, 4.69) is 35.9 Å². The summed E-state index contributed by atoms with van der Waals surface area (Å²) in [6, 6.07) is 6.71. The van der Waals surface area contributed by atoms with E-state index in [0.29, 0.717) is 12.6 Å². The minimum absolute atomic E-state index is 0.0659. The van der Waals surface area contributed by atoms with Crippen LogP contribution in [0.5, 0.6) is 0 Å². The molecule has 1 saturated carbocycles. The number of anilines is 1. The van der Waals surface area contributed by atoms with Crippen molar-refractivity contribution in [2.45, 2.75) is 53.5 Å². The monoisotopic (exact) mass is 382 g/mol. The number of quaternary nitrogens is 1. The number of hydrogen-bond donors (Lipinski definition) is 2. The van der Waals surface area contributed by atoms with Gasteiger partial charge in [-0.3, -0.25) is 9.59 Å². The minimum atomic E-state index is -0.0659. The quantitative estimate of drug-likeness (QED) is 0.724. The largest absolute Gasteiger partial charge is 0.345 e. The third-order valence-corrected chi connectivity index (χ3v) is 5.56. The topological polar surface area (TPSA) is 55.5 Å². The number of ketones is 1. The Hall–Kier alpha value is -2.40. The van der Waals surface area contributed by atoms with Crippen LogP contribution < -0.4 is 10.2 Å². The van der Waals surface area contributed by atoms with Crippen molar-refractivity contribution in [3.8, 4) is 0 Å². The van der Waals surface area contributed by atoms with E-state index in [0.717, 1.165) is 38.7 Å². The van der Waals surface area contributed by atoms with Crippen molar-refractivity contribution < 1.29 is 14.5 Å². The van der Waals surface area contributed by atoms with Crippen LogP contribution in [0.4, 0.5) is 5.69 Å². The van der Waals surface area contributed by atoms with Crippen LogP contribution in [0.15, 0.2) is 18.2 Å². The highest BCUT2D eigenvalue weighted by atomic mass is 16.2. The number of nitrogens with zero attached hydrogens (tertiary/aromatic N) is 1. The Morgan fingerprint density at radius 1 is 1.04 bits per heavy atom. The SMILES string of the molecule is Cc1cc(C)c(NC(=O)C[NH+](C)CC(=O)c2cc(C)n(C3CC3)c2C)c(C)c1. The fourth-order valence-electron chi connectivity index (χ4n) is 4.22. The molecule has 0 saturated heterocycles.